The Morgan fingerprint density at radius 2 is 0.953 bits per heavy atom. The SMILES string of the molecule is COC(=O)C(C)(C)COc1ccc(-c2ccc(-c3nc(S(C)(=O)=O)n(COCC[Si](C)(C)C)n3)cc2)cn1.COC(=O)C(C)(C)COc1ccc(B2OC(C)(C)C(C)(C)O2)cn1.C[Si](C)(C)CCOCn1nc(-c2ccc(Br)cc2)nc1S(C)(=O)=O. The normalized spacial score (nSPS) is 14.3. The lowest BCUT2D eigenvalue weighted by atomic mass is 9.80. The molecule has 86 heavy (non-hydrogen) atoms. The maximum atomic E-state index is 12.3. The molecule has 0 unspecified atom stereocenters. The van der Waals surface area contributed by atoms with Crippen LogP contribution in [0, 0.1) is 10.8 Å². The quantitative estimate of drug-likeness (QED) is 0.0310. The van der Waals surface area contributed by atoms with E-state index in [1.807, 2.05) is 88.4 Å². The number of hydrogen-bond acceptors (Lipinski definition) is 20. The van der Waals surface area contributed by atoms with Gasteiger partial charge in [-0.1, -0.05) is 97.7 Å². The highest BCUT2D eigenvalue weighted by atomic mass is 79.9. The van der Waals surface area contributed by atoms with Crippen molar-refractivity contribution in [3.05, 3.63) is 89.7 Å². The molecule has 0 N–H and O–H groups in total. The maximum Gasteiger partial charge on any atom is 0.496 e. The minimum atomic E-state index is -3.59. The molecule has 0 bridgehead atoms. The van der Waals surface area contributed by atoms with E-state index in [0.29, 0.717) is 42.2 Å². The summed E-state index contributed by atoms with van der Waals surface area (Å²) in [6, 6.07) is 24.0. The number of rotatable bonds is 24. The van der Waals surface area contributed by atoms with Crippen molar-refractivity contribution in [1.82, 2.24) is 39.5 Å². The molecule has 1 aliphatic rings. The van der Waals surface area contributed by atoms with Crippen molar-refractivity contribution < 1.29 is 64.2 Å². The third kappa shape index (κ3) is 21.0. The van der Waals surface area contributed by atoms with E-state index >= 15 is 0 Å². The van der Waals surface area contributed by atoms with Gasteiger partial charge in [0.25, 0.3) is 0 Å². The van der Waals surface area contributed by atoms with Crippen LogP contribution < -0.4 is 14.9 Å². The Labute approximate surface area is 517 Å². The molecule has 0 radical (unpaired) electrons. The van der Waals surface area contributed by atoms with Crippen LogP contribution in [0.2, 0.25) is 51.4 Å². The number of ether oxygens (including phenoxy) is 6. The maximum absolute atomic E-state index is 12.3. The number of esters is 2. The van der Waals surface area contributed by atoms with Crippen molar-refractivity contribution in [2.45, 2.75) is 142 Å². The molecule has 6 aromatic rings. The monoisotopic (exact) mass is 1330 g/mol. The molecular weight excluding hydrogens is 1240 g/mol. The Morgan fingerprint density at radius 1 is 0.581 bits per heavy atom. The molecule has 1 fully saturated rings. The van der Waals surface area contributed by atoms with Gasteiger partial charge in [0.1, 0.15) is 26.7 Å². The first kappa shape index (κ1) is 71.0. The summed E-state index contributed by atoms with van der Waals surface area (Å²) in [7, 11) is -7.28. The van der Waals surface area contributed by atoms with Crippen molar-refractivity contribution >= 4 is 76.3 Å². The summed E-state index contributed by atoms with van der Waals surface area (Å²) < 4.78 is 96.2. The number of methoxy groups -OCH3 is 2. The van der Waals surface area contributed by atoms with Gasteiger partial charge in [-0.2, -0.15) is 9.97 Å². The molecule has 4 aromatic heterocycles. The van der Waals surface area contributed by atoms with E-state index in [1.54, 1.807) is 52.2 Å². The molecule has 2 aromatic carbocycles. The summed E-state index contributed by atoms with van der Waals surface area (Å²) in [5, 5.41) is 8.51. The molecule has 0 atom stereocenters. The van der Waals surface area contributed by atoms with Crippen LogP contribution in [0.4, 0.5) is 0 Å². The average molecular weight is 1330 g/mol. The van der Waals surface area contributed by atoms with E-state index in [-0.39, 0.29) is 48.9 Å². The van der Waals surface area contributed by atoms with Gasteiger partial charge in [-0.05, 0) is 97.3 Å². The first-order chi connectivity index (χ1) is 39.7. The first-order valence-corrected chi connectivity index (χ1v) is 39.8. The lowest BCUT2D eigenvalue weighted by molar-refractivity contribution is -0.153. The Bertz CT molecular complexity index is 3430. The standard InChI is InChI=1S/C26H36N4O6SSi.C17H26BNO5.C15H22BrN3O3SSi/c1-26(2,24(31)34-3)17-36-22-13-12-21(16-27-22)19-8-10-20(11-9-19)23-28-25(37(4,32)33)30(29-23)18-35-14-15-38(5,6)7;1-15(2,14(20)21-7)11-22-13-9-8-12(10-19-13)18-23-16(3,4)17(5,6)24-18;1-23(20,21)15-17-14(12-5-7-13(16)8-6-12)18-19(15)11-22-9-10-24(2,3)4/h8-13,16H,14-15,17-18H2,1-7H3;8-10H,11H2,1-7H3;5-8H,9-11H2,1-4H3. The van der Waals surface area contributed by atoms with Gasteiger partial charge >= 0.3 is 19.1 Å². The second-order valence-electron chi connectivity index (χ2n) is 25.5. The Morgan fingerprint density at radius 3 is 1.30 bits per heavy atom. The van der Waals surface area contributed by atoms with Crippen LogP contribution in [0.5, 0.6) is 11.8 Å². The van der Waals surface area contributed by atoms with Gasteiger partial charge in [-0.25, -0.2) is 36.2 Å². The second-order valence-corrected chi connectivity index (χ2v) is 41.5. The predicted octanol–water partition coefficient (Wildman–Crippen LogP) is 9.68. The number of sulfone groups is 2. The minimum absolute atomic E-state index is 0.0227. The van der Waals surface area contributed by atoms with E-state index in [0.717, 1.165) is 51.2 Å². The van der Waals surface area contributed by atoms with Crippen LogP contribution in [0.25, 0.3) is 33.9 Å². The third-order valence-electron chi connectivity index (χ3n) is 13.6. The van der Waals surface area contributed by atoms with Gasteiger partial charge in [0.05, 0.1) is 36.3 Å². The van der Waals surface area contributed by atoms with Crippen molar-refractivity contribution in [1.29, 1.82) is 0 Å². The smallest absolute Gasteiger partial charge is 0.476 e. The van der Waals surface area contributed by atoms with Crippen molar-refractivity contribution in [2.75, 3.05) is 53.2 Å². The van der Waals surface area contributed by atoms with Crippen LogP contribution in [0.1, 0.15) is 55.4 Å². The van der Waals surface area contributed by atoms with Gasteiger partial charge in [0, 0.05) is 87.0 Å². The lowest BCUT2D eigenvalue weighted by Crippen LogP contribution is -2.41. The van der Waals surface area contributed by atoms with Crippen LogP contribution in [-0.4, -0.2) is 156 Å². The summed E-state index contributed by atoms with van der Waals surface area (Å²) in [6.45, 7) is 30.1. The molecule has 22 nitrogen and oxygen atoms in total. The lowest BCUT2D eigenvalue weighted by Gasteiger charge is -2.32. The fourth-order valence-electron chi connectivity index (χ4n) is 7.50. The molecule has 0 aliphatic carbocycles. The number of hydrogen-bond donors (Lipinski definition) is 0. The zero-order valence-electron chi connectivity index (χ0n) is 52.8. The summed E-state index contributed by atoms with van der Waals surface area (Å²) in [5.74, 6) is 0.838. The Kier molecular flexibility index (Phi) is 24.0. The molecular formula is C58H84BBrN8O14S2Si2. The highest BCUT2D eigenvalue weighted by molar-refractivity contribution is 9.10. The number of nitrogens with zero attached hydrogens (tertiary/aromatic N) is 8. The largest absolute Gasteiger partial charge is 0.496 e. The van der Waals surface area contributed by atoms with Crippen LogP contribution in [0.15, 0.2) is 100.0 Å². The number of carbonyl (C=O) groups excluding carboxylic acids is 2. The van der Waals surface area contributed by atoms with E-state index in [2.05, 4.69) is 85.3 Å². The topological polar surface area (TPSA) is 263 Å². The summed E-state index contributed by atoms with van der Waals surface area (Å²) in [4.78, 5) is 40.5. The Hall–Kier alpha value is -5.72. The minimum Gasteiger partial charge on any atom is -0.476 e. The highest BCUT2D eigenvalue weighted by Crippen LogP contribution is 2.37. The second kappa shape index (κ2) is 29.1. The number of benzene rings is 2. The van der Waals surface area contributed by atoms with Crippen LogP contribution in [0.3, 0.4) is 0 Å². The molecule has 28 heteroatoms. The molecule has 0 amide bonds. The molecule has 0 saturated carbocycles. The van der Waals surface area contributed by atoms with Gasteiger partial charge in [-0.15, -0.1) is 10.2 Å². The fourth-order valence-corrected chi connectivity index (χ4v) is 10.7. The fraction of sp³-hybridized carbons (Fsp3) is 0.517. The van der Waals surface area contributed by atoms with E-state index in [1.165, 1.54) is 23.6 Å². The molecule has 470 valence electrons. The van der Waals surface area contributed by atoms with Crippen molar-refractivity contribution in [3.8, 4) is 45.7 Å². The number of carbonyl (C=O) groups is 2. The number of pyridine rings is 2. The van der Waals surface area contributed by atoms with E-state index in [4.69, 9.17) is 37.7 Å². The number of halogens is 1. The average Bonchev–Trinajstić information content (AvgIpc) is 1.85. The third-order valence-corrected chi connectivity index (χ3v) is 19.5. The van der Waals surface area contributed by atoms with Gasteiger partial charge in [0.2, 0.25) is 41.7 Å². The molecule has 1 saturated heterocycles. The van der Waals surface area contributed by atoms with Crippen LogP contribution >= 0.6 is 15.9 Å². The van der Waals surface area contributed by atoms with Gasteiger partial charge in [0.15, 0.2) is 11.6 Å². The zero-order chi connectivity index (χ0) is 64.3. The summed E-state index contributed by atoms with van der Waals surface area (Å²) in [5.41, 5.74) is 1.72. The van der Waals surface area contributed by atoms with Crippen molar-refractivity contribution in [3.63, 3.8) is 0 Å². The Balaban J connectivity index is 0.000000246. The van der Waals surface area contributed by atoms with Crippen LogP contribution in [-0.2, 0) is 71.0 Å². The van der Waals surface area contributed by atoms with Crippen molar-refractivity contribution in [2.24, 2.45) is 10.8 Å². The molecule has 0 spiro atoms. The van der Waals surface area contributed by atoms with E-state index < -0.39 is 65.0 Å². The van der Waals surface area contributed by atoms with E-state index in [9.17, 15) is 26.4 Å². The summed E-state index contributed by atoms with van der Waals surface area (Å²) >= 11 is 3.37. The molecule has 5 heterocycles. The first-order valence-electron chi connectivity index (χ1n) is 27.8. The highest BCUT2D eigenvalue weighted by Gasteiger charge is 2.52. The predicted molar refractivity (Wildman–Crippen MR) is 339 cm³/mol. The molecule has 7 rings (SSSR count). The molecule has 1 aliphatic heterocycles. The number of aromatic nitrogens is 8. The summed E-state index contributed by atoms with van der Waals surface area (Å²) in [6.07, 6.45) is 5.59. The zero-order valence-corrected chi connectivity index (χ0v) is 58.0. The van der Waals surface area contributed by atoms with Gasteiger partial charge < -0.3 is 37.7 Å². The van der Waals surface area contributed by atoms with Gasteiger partial charge in [-0.3, -0.25) is 9.59 Å².